The van der Waals surface area contributed by atoms with Gasteiger partial charge in [-0.05, 0) is 45.4 Å². The first kappa shape index (κ1) is 9.18. The van der Waals surface area contributed by atoms with Gasteiger partial charge in [0.05, 0.1) is 12.8 Å². The second-order valence-electron chi connectivity index (χ2n) is 1.72. The molecule has 1 rings (SSSR count). The van der Waals surface area contributed by atoms with Gasteiger partial charge in [0.1, 0.15) is 4.60 Å². The van der Waals surface area contributed by atoms with Gasteiger partial charge in [-0.25, -0.2) is 9.97 Å². The Labute approximate surface area is 86.8 Å². The van der Waals surface area contributed by atoms with Crippen LogP contribution in [0, 0.1) is 3.70 Å². The van der Waals surface area contributed by atoms with Crippen molar-refractivity contribution in [1.29, 1.82) is 0 Å². The molecule has 1 aromatic rings. The molecule has 0 fully saturated rings. The van der Waals surface area contributed by atoms with E-state index in [-0.39, 0.29) is 0 Å². The Bertz CT molecular complexity index is 256. The summed E-state index contributed by atoms with van der Waals surface area (Å²) in [6, 6.07) is 0. The summed E-state index contributed by atoms with van der Waals surface area (Å²) < 4.78 is 6.69. The monoisotopic (exact) mass is 328 g/mol. The standard InChI is InChI=1S/C6H6BrIN2O/c1-2-11-6-5(8)9-3-4(7)10-6/h3H,2H2,1H3. The molecule has 0 bridgehead atoms. The Hall–Kier alpha value is 0.0900. The molecule has 1 aromatic heterocycles. The van der Waals surface area contributed by atoms with Crippen LogP contribution < -0.4 is 4.74 Å². The third-order valence-corrected chi connectivity index (χ3v) is 2.07. The van der Waals surface area contributed by atoms with Crippen LogP contribution in [0.3, 0.4) is 0 Å². The first-order valence-corrected chi connectivity index (χ1v) is 4.92. The van der Waals surface area contributed by atoms with E-state index in [1.807, 2.05) is 6.92 Å². The SMILES string of the molecule is CCOc1nc(Br)cnc1I. The van der Waals surface area contributed by atoms with Gasteiger partial charge in [0.15, 0.2) is 3.70 Å². The van der Waals surface area contributed by atoms with Gasteiger partial charge in [0.2, 0.25) is 5.88 Å². The van der Waals surface area contributed by atoms with Crippen LogP contribution in [-0.4, -0.2) is 16.6 Å². The molecule has 5 heteroatoms. The second-order valence-corrected chi connectivity index (χ2v) is 3.56. The Morgan fingerprint density at radius 1 is 1.73 bits per heavy atom. The van der Waals surface area contributed by atoms with Gasteiger partial charge < -0.3 is 4.74 Å². The van der Waals surface area contributed by atoms with Crippen LogP contribution in [0.25, 0.3) is 0 Å². The minimum atomic E-state index is 0.586. The number of aromatic nitrogens is 2. The predicted molar refractivity (Wildman–Crippen MR) is 53.6 cm³/mol. The topological polar surface area (TPSA) is 35.0 Å². The number of rotatable bonds is 2. The molecular weight excluding hydrogens is 323 g/mol. The normalized spacial score (nSPS) is 9.73. The van der Waals surface area contributed by atoms with Crippen molar-refractivity contribution in [3.63, 3.8) is 0 Å². The van der Waals surface area contributed by atoms with Crippen LogP contribution in [-0.2, 0) is 0 Å². The summed E-state index contributed by atoms with van der Waals surface area (Å²) in [7, 11) is 0. The number of hydrogen-bond donors (Lipinski definition) is 0. The maximum Gasteiger partial charge on any atom is 0.247 e. The fourth-order valence-electron chi connectivity index (χ4n) is 0.566. The summed E-state index contributed by atoms with van der Waals surface area (Å²) in [4.78, 5) is 8.14. The minimum Gasteiger partial charge on any atom is -0.476 e. The lowest BCUT2D eigenvalue weighted by atomic mass is 10.7. The van der Waals surface area contributed by atoms with Gasteiger partial charge in [0, 0.05) is 0 Å². The smallest absolute Gasteiger partial charge is 0.247 e. The summed E-state index contributed by atoms with van der Waals surface area (Å²) in [5, 5.41) is 0. The summed E-state index contributed by atoms with van der Waals surface area (Å²) in [6.07, 6.45) is 1.64. The molecule has 0 aliphatic carbocycles. The average molecular weight is 329 g/mol. The van der Waals surface area contributed by atoms with Crippen LogP contribution in [0.15, 0.2) is 10.8 Å². The zero-order valence-electron chi connectivity index (χ0n) is 5.84. The van der Waals surface area contributed by atoms with Crippen molar-refractivity contribution in [2.75, 3.05) is 6.61 Å². The third-order valence-electron chi connectivity index (χ3n) is 0.950. The maximum atomic E-state index is 5.21. The van der Waals surface area contributed by atoms with E-state index in [2.05, 4.69) is 48.5 Å². The minimum absolute atomic E-state index is 0.586. The van der Waals surface area contributed by atoms with Crippen LogP contribution >= 0.6 is 38.5 Å². The van der Waals surface area contributed by atoms with Crippen molar-refractivity contribution in [1.82, 2.24) is 9.97 Å². The first-order valence-electron chi connectivity index (χ1n) is 3.05. The molecule has 11 heavy (non-hydrogen) atoms. The fraction of sp³-hybridized carbons (Fsp3) is 0.333. The van der Waals surface area contributed by atoms with Gasteiger partial charge in [0.25, 0.3) is 0 Å². The molecule has 1 heterocycles. The van der Waals surface area contributed by atoms with E-state index in [9.17, 15) is 0 Å². The molecule has 0 aliphatic heterocycles. The van der Waals surface area contributed by atoms with Crippen LogP contribution in [0.5, 0.6) is 5.88 Å². The lowest BCUT2D eigenvalue weighted by Gasteiger charge is -2.02. The molecule has 0 unspecified atom stereocenters. The molecule has 0 amide bonds. The van der Waals surface area contributed by atoms with Gasteiger partial charge in [-0.15, -0.1) is 0 Å². The summed E-state index contributed by atoms with van der Waals surface area (Å²) in [6.45, 7) is 2.53. The zero-order chi connectivity index (χ0) is 8.27. The van der Waals surface area contributed by atoms with Crippen molar-refractivity contribution in [3.05, 3.63) is 14.5 Å². The lowest BCUT2D eigenvalue weighted by Crippen LogP contribution is -1.98. The molecule has 0 radical (unpaired) electrons. The van der Waals surface area contributed by atoms with E-state index in [1.54, 1.807) is 6.20 Å². The highest BCUT2D eigenvalue weighted by Crippen LogP contribution is 2.17. The summed E-state index contributed by atoms with van der Waals surface area (Å²) >= 11 is 5.29. The Morgan fingerprint density at radius 3 is 3.09 bits per heavy atom. The van der Waals surface area contributed by atoms with E-state index in [1.165, 1.54) is 0 Å². The maximum absolute atomic E-state index is 5.21. The van der Waals surface area contributed by atoms with Crippen LogP contribution in [0.1, 0.15) is 6.92 Å². The largest absolute Gasteiger partial charge is 0.476 e. The number of ether oxygens (including phenoxy) is 1. The Morgan fingerprint density at radius 2 is 2.45 bits per heavy atom. The molecule has 0 saturated heterocycles. The molecule has 0 aliphatic rings. The van der Waals surface area contributed by atoms with E-state index in [0.29, 0.717) is 17.1 Å². The fourth-order valence-corrected chi connectivity index (χ4v) is 1.24. The Balaban J connectivity index is 2.93. The summed E-state index contributed by atoms with van der Waals surface area (Å²) in [5.74, 6) is 0.586. The van der Waals surface area contributed by atoms with Crippen molar-refractivity contribution < 1.29 is 4.74 Å². The van der Waals surface area contributed by atoms with Crippen molar-refractivity contribution >= 4 is 38.5 Å². The lowest BCUT2D eigenvalue weighted by molar-refractivity contribution is 0.321. The van der Waals surface area contributed by atoms with Gasteiger partial charge in [-0.1, -0.05) is 0 Å². The molecule has 0 aromatic carbocycles. The number of nitrogens with zero attached hydrogens (tertiary/aromatic N) is 2. The molecule has 0 spiro atoms. The molecule has 60 valence electrons. The predicted octanol–water partition coefficient (Wildman–Crippen LogP) is 2.24. The molecule has 0 N–H and O–H groups in total. The van der Waals surface area contributed by atoms with Gasteiger partial charge in [-0.3, -0.25) is 0 Å². The van der Waals surface area contributed by atoms with Crippen LogP contribution in [0.2, 0.25) is 0 Å². The van der Waals surface area contributed by atoms with E-state index < -0.39 is 0 Å². The molecule has 0 atom stereocenters. The summed E-state index contributed by atoms with van der Waals surface area (Å²) in [5.41, 5.74) is 0. The van der Waals surface area contributed by atoms with Crippen molar-refractivity contribution in [2.45, 2.75) is 6.92 Å². The zero-order valence-corrected chi connectivity index (χ0v) is 9.59. The molecular formula is C6H6BrIN2O. The van der Waals surface area contributed by atoms with E-state index in [0.717, 1.165) is 3.70 Å². The highest BCUT2D eigenvalue weighted by molar-refractivity contribution is 14.1. The number of hydrogen-bond acceptors (Lipinski definition) is 3. The van der Waals surface area contributed by atoms with Crippen molar-refractivity contribution in [2.24, 2.45) is 0 Å². The second kappa shape index (κ2) is 4.20. The van der Waals surface area contributed by atoms with Crippen molar-refractivity contribution in [3.8, 4) is 5.88 Å². The first-order chi connectivity index (χ1) is 5.24. The highest BCUT2D eigenvalue weighted by Gasteiger charge is 2.02. The van der Waals surface area contributed by atoms with Gasteiger partial charge >= 0.3 is 0 Å². The molecule has 0 saturated carbocycles. The quantitative estimate of drug-likeness (QED) is 0.781. The van der Waals surface area contributed by atoms with Gasteiger partial charge in [-0.2, -0.15) is 0 Å². The van der Waals surface area contributed by atoms with E-state index >= 15 is 0 Å². The molecule has 3 nitrogen and oxygen atoms in total. The van der Waals surface area contributed by atoms with E-state index in [4.69, 9.17) is 4.74 Å². The highest BCUT2D eigenvalue weighted by atomic mass is 127. The Kier molecular flexibility index (Phi) is 3.50. The van der Waals surface area contributed by atoms with Crippen LogP contribution in [0.4, 0.5) is 0 Å². The average Bonchev–Trinajstić information content (AvgIpc) is 1.98. The number of halogens is 2. The third kappa shape index (κ3) is 2.55.